The summed E-state index contributed by atoms with van der Waals surface area (Å²) in [5.41, 5.74) is 0.304. The topological polar surface area (TPSA) is 70.2 Å². The Balaban J connectivity index is 1.91. The first-order valence-electron chi connectivity index (χ1n) is 7.93. The minimum atomic E-state index is -4.52. The normalized spacial score (nSPS) is 11.0. The van der Waals surface area contributed by atoms with E-state index in [-0.39, 0.29) is 29.6 Å². The van der Waals surface area contributed by atoms with Crippen molar-refractivity contribution in [3.05, 3.63) is 53.1 Å². The molecular formula is C18H17ClF3N3O2. The summed E-state index contributed by atoms with van der Waals surface area (Å²) in [6, 6.07) is 9.64. The van der Waals surface area contributed by atoms with Gasteiger partial charge in [-0.15, -0.1) is 0 Å². The molecule has 9 heteroatoms. The summed E-state index contributed by atoms with van der Waals surface area (Å²) in [5.74, 6) is -0.689. The van der Waals surface area contributed by atoms with Gasteiger partial charge in [-0.2, -0.15) is 13.2 Å². The molecule has 2 amide bonds. The van der Waals surface area contributed by atoms with Crippen molar-refractivity contribution in [2.45, 2.75) is 19.5 Å². The van der Waals surface area contributed by atoms with Crippen LogP contribution in [0, 0.1) is 0 Å². The number of hydrogen-bond acceptors (Lipinski definition) is 3. The minimum absolute atomic E-state index is 0.0109. The number of carbonyl (C=O) groups is 2. The van der Waals surface area contributed by atoms with Gasteiger partial charge in [0.15, 0.2) is 0 Å². The first-order chi connectivity index (χ1) is 12.6. The molecular weight excluding hydrogens is 383 g/mol. The Bertz CT molecular complexity index is 841. The van der Waals surface area contributed by atoms with Crippen LogP contribution in [0.1, 0.15) is 18.9 Å². The van der Waals surface area contributed by atoms with Crippen LogP contribution in [0.4, 0.5) is 30.2 Å². The van der Waals surface area contributed by atoms with Gasteiger partial charge in [0.25, 0.3) is 0 Å². The predicted octanol–water partition coefficient (Wildman–Crippen LogP) is 4.76. The first-order valence-corrected chi connectivity index (χ1v) is 8.31. The molecule has 2 rings (SSSR count). The third-order valence-electron chi connectivity index (χ3n) is 3.43. The van der Waals surface area contributed by atoms with Gasteiger partial charge in [0.2, 0.25) is 11.8 Å². The summed E-state index contributed by atoms with van der Waals surface area (Å²) in [6.07, 6.45) is -4.51. The fourth-order valence-electron chi connectivity index (χ4n) is 2.24. The Labute approximate surface area is 158 Å². The summed E-state index contributed by atoms with van der Waals surface area (Å²) in [7, 11) is 0. The maximum atomic E-state index is 12.7. The summed E-state index contributed by atoms with van der Waals surface area (Å²) in [5, 5.41) is 8.04. The second kappa shape index (κ2) is 8.77. The SMILES string of the molecule is CC(=O)Nc1cccc(NCCC(=O)Nc2cc(C(F)(F)F)ccc2Cl)c1. The summed E-state index contributed by atoms with van der Waals surface area (Å²) in [6.45, 7) is 1.63. The Morgan fingerprint density at radius 1 is 1.04 bits per heavy atom. The molecule has 0 spiro atoms. The van der Waals surface area contributed by atoms with Crippen molar-refractivity contribution in [1.82, 2.24) is 0 Å². The molecule has 0 heterocycles. The zero-order valence-electron chi connectivity index (χ0n) is 14.3. The van der Waals surface area contributed by atoms with Crippen molar-refractivity contribution in [3.63, 3.8) is 0 Å². The van der Waals surface area contributed by atoms with Crippen molar-refractivity contribution in [1.29, 1.82) is 0 Å². The molecule has 144 valence electrons. The van der Waals surface area contributed by atoms with Gasteiger partial charge in [0.1, 0.15) is 0 Å². The molecule has 0 aliphatic heterocycles. The highest BCUT2D eigenvalue weighted by molar-refractivity contribution is 6.33. The Morgan fingerprint density at radius 3 is 2.41 bits per heavy atom. The molecule has 0 saturated carbocycles. The number of hydrogen-bond donors (Lipinski definition) is 3. The first kappa shape index (κ1) is 20.6. The summed E-state index contributed by atoms with van der Waals surface area (Å²) in [4.78, 5) is 23.0. The lowest BCUT2D eigenvalue weighted by Crippen LogP contribution is -2.17. The summed E-state index contributed by atoms with van der Waals surface area (Å²) >= 11 is 5.85. The smallest absolute Gasteiger partial charge is 0.384 e. The van der Waals surface area contributed by atoms with E-state index in [0.717, 1.165) is 18.2 Å². The van der Waals surface area contributed by atoms with Gasteiger partial charge in [0.05, 0.1) is 16.3 Å². The zero-order valence-corrected chi connectivity index (χ0v) is 15.0. The largest absolute Gasteiger partial charge is 0.416 e. The highest BCUT2D eigenvalue weighted by Crippen LogP contribution is 2.33. The van der Waals surface area contributed by atoms with E-state index in [9.17, 15) is 22.8 Å². The lowest BCUT2D eigenvalue weighted by atomic mass is 10.2. The quantitative estimate of drug-likeness (QED) is 0.656. The van der Waals surface area contributed by atoms with Crippen molar-refractivity contribution in [2.75, 3.05) is 22.5 Å². The molecule has 0 fully saturated rings. The molecule has 3 N–H and O–H groups in total. The Kier molecular flexibility index (Phi) is 6.68. The van der Waals surface area contributed by atoms with E-state index in [1.807, 2.05) is 0 Å². The molecule has 0 unspecified atom stereocenters. The summed E-state index contributed by atoms with van der Waals surface area (Å²) < 4.78 is 38.2. The van der Waals surface area contributed by atoms with Crippen molar-refractivity contribution < 1.29 is 22.8 Å². The van der Waals surface area contributed by atoms with Gasteiger partial charge >= 0.3 is 6.18 Å². The molecule has 2 aromatic rings. The van der Waals surface area contributed by atoms with Crippen LogP contribution < -0.4 is 16.0 Å². The molecule has 0 atom stereocenters. The molecule has 2 aromatic carbocycles. The number of carbonyl (C=O) groups excluding carboxylic acids is 2. The van der Waals surface area contributed by atoms with Crippen LogP contribution in [0.5, 0.6) is 0 Å². The van der Waals surface area contributed by atoms with E-state index >= 15 is 0 Å². The Morgan fingerprint density at radius 2 is 1.74 bits per heavy atom. The number of benzene rings is 2. The van der Waals surface area contributed by atoms with Gasteiger partial charge in [-0.3, -0.25) is 9.59 Å². The number of rotatable bonds is 6. The van der Waals surface area contributed by atoms with Crippen molar-refractivity contribution in [2.24, 2.45) is 0 Å². The van der Waals surface area contributed by atoms with E-state index in [1.54, 1.807) is 24.3 Å². The van der Waals surface area contributed by atoms with E-state index in [2.05, 4.69) is 16.0 Å². The standard InChI is InChI=1S/C18H17ClF3N3O2/c1-11(26)24-14-4-2-3-13(10-14)23-8-7-17(27)25-16-9-12(18(20,21)22)5-6-15(16)19/h2-6,9-10,23H,7-8H2,1H3,(H,24,26)(H,25,27). The fraction of sp³-hybridized carbons (Fsp3) is 0.222. The second-order valence-electron chi connectivity index (χ2n) is 5.68. The van der Waals surface area contributed by atoms with Crippen LogP contribution in [0.3, 0.4) is 0 Å². The Hall–Kier alpha value is -2.74. The number of alkyl halides is 3. The molecule has 0 radical (unpaired) electrons. The maximum Gasteiger partial charge on any atom is 0.416 e. The molecule has 0 aliphatic rings. The highest BCUT2D eigenvalue weighted by atomic mass is 35.5. The second-order valence-corrected chi connectivity index (χ2v) is 6.09. The molecule has 0 aliphatic carbocycles. The van der Waals surface area contributed by atoms with E-state index in [4.69, 9.17) is 11.6 Å². The molecule has 5 nitrogen and oxygen atoms in total. The van der Waals surface area contributed by atoms with Gasteiger partial charge in [-0.1, -0.05) is 17.7 Å². The van der Waals surface area contributed by atoms with Gasteiger partial charge in [0, 0.05) is 31.3 Å². The number of anilines is 3. The zero-order chi connectivity index (χ0) is 20.0. The number of nitrogens with one attached hydrogen (secondary N) is 3. The average Bonchev–Trinajstić information content (AvgIpc) is 2.55. The van der Waals surface area contributed by atoms with Gasteiger partial charge in [-0.05, 0) is 36.4 Å². The fourth-order valence-corrected chi connectivity index (χ4v) is 2.41. The van der Waals surface area contributed by atoms with Crippen LogP contribution in [0.15, 0.2) is 42.5 Å². The lowest BCUT2D eigenvalue weighted by molar-refractivity contribution is -0.137. The number of amides is 2. The van der Waals surface area contributed by atoms with Crippen LogP contribution >= 0.6 is 11.6 Å². The van der Waals surface area contributed by atoms with Crippen LogP contribution in [-0.2, 0) is 15.8 Å². The average molecular weight is 400 g/mol. The van der Waals surface area contributed by atoms with Gasteiger partial charge in [-0.25, -0.2) is 0 Å². The van der Waals surface area contributed by atoms with E-state index < -0.39 is 17.6 Å². The van der Waals surface area contributed by atoms with E-state index in [1.165, 1.54) is 6.92 Å². The van der Waals surface area contributed by atoms with Gasteiger partial charge < -0.3 is 16.0 Å². The predicted molar refractivity (Wildman–Crippen MR) is 98.9 cm³/mol. The van der Waals surface area contributed by atoms with Crippen molar-refractivity contribution >= 4 is 40.5 Å². The number of halogens is 4. The van der Waals surface area contributed by atoms with Crippen molar-refractivity contribution in [3.8, 4) is 0 Å². The molecule has 27 heavy (non-hydrogen) atoms. The molecule has 0 bridgehead atoms. The monoisotopic (exact) mass is 399 g/mol. The molecule has 0 aromatic heterocycles. The lowest BCUT2D eigenvalue weighted by Gasteiger charge is -2.12. The van der Waals surface area contributed by atoms with Crippen LogP contribution in [0.25, 0.3) is 0 Å². The highest BCUT2D eigenvalue weighted by Gasteiger charge is 2.31. The van der Waals surface area contributed by atoms with E-state index in [0.29, 0.717) is 11.4 Å². The molecule has 0 saturated heterocycles. The van der Waals surface area contributed by atoms with Crippen LogP contribution in [-0.4, -0.2) is 18.4 Å². The van der Waals surface area contributed by atoms with Crippen LogP contribution in [0.2, 0.25) is 5.02 Å². The third-order valence-corrected chi connectivity index (χ3v) is 3.76. The maximum absolute atomic E-state index is 12.7. The minimum Gasteiger partial charge on any atom is -0.384 e. The third kappa shape index (κ3) is 6.49.